The summed E-state index contributed by atoms with van der Waals surface area (Å²) in [5.74, 6) is -1.14. The Bertz CT molecular complexity index is 442. The Labute approximate surface area is 91.2 Å². The maximum absolute atomic E-state index is 10.9. The van der Waals surface area contributed by atoms with Crippen molar-refractivity contribution < 1.29 is 14.6 Å². The van der Waals surface area contributed by atoms with E-state index in [1.54, 1.807) is 0 Å². The molecule has 1 aromatic rings. The van der Waals surface area contributed by atoms with Gasteiger partial charge >= 0.3 is 5.97 Å². The molecule has 2 rings (SSSR count). The van der Waals surface area contributed by atoms with E-state index >= 15 is 0 Å². The second-order valence-electron chi connectivity index (χ2n) is 3.45. The van der Waals surface area contributed by atoms with E-state index in [1.165, 1.54) is 4.68 Å². The first-order valence-electron chi connectivity index (χ1n) is 4.89. The number of ether oxygens (including phenoxy) is 1. The standard InChI is InChI=1S/C9H10N4O3/c10-3-4-13-8(6-2-1-5-16-6)7(9(14)15)11-12-13/h6H,1-2,4-5H2,(H,14,15). The number of carbonyl (C=O) groups is 1. The molecule has 1 unspecified atom stereocenters. The number of carboxylic acids is 1. The van der Waals surface area contributed by atoms with Gasteiger partial charge in [-0.05, 0) is 12.8 Å². The molecule has 0 amide bonds. The average molecular weight is 222 g/mol. The van der Waals surface area contributed by atoms with Crippen molar-refractivity contribution in [2.24, 2.45) is 0 Å². The molecule has 1 aliphatic rings. The van der Waals surface area contributed by atoms with Gasteiger partial charge in [-0.25, -0.2) is 9.48 Å². The van der Waals surface area contributed by atoms with Crippen molar-refractivity contribution in [1.82, 2.24) is 15.0 Å². The van der Waals surface area contributed by atoms with Crippen LogP contribution in [0.15, 0.2) is 0 Å². The van der Waals surface area contributed by atoms with E-state index in [1.807, 2.05) is 6.07 Å². The number of hydrogen-bond donors (Lipinski definition) is 1. The van der Waals surface area contributed by atoms with Gasteiger partial charge in [0.1, 0.15) is 18.3 Å². The highest BCUT2D eigenvalue weighted by atomic mass is 16.5. The molecule has 1 saturated heterocycles. The number of nitriles is 1. The lowest BCUT2D eigenvalue weighted by Gasteiger charge is -2.10. The zero-order valence-corrected chi connectivity index (χ0v) is 8.46. The Morgan fingerprint density at radius 2 is 2.56 bits per heavy atom. The number of carboxylic acid groups (broad SMARTS) is 1. The highest BCUT2D eigenvalue weighted by Crippen LogP contribution is 2.29. The topological polar surface area (TPSA) is 101 Å². The lowest BCUT2D eigenvalue weighted by atomic mass is 10.1. The molecule has 2 heterocycles. The zero-order chi connectivity index (χ0) is 11.5. The van der Waals surface area contributed by atoms with Crippen molar-refractivity contribution in [1.29, 1.82) is 5.26 Å². The van der Waals surface area contributed by atoms with Crippen LogP contribution in [0.5, 0.6) is 0 Å². The molecule has 0 saturated carbocycles. The van der Waals surface area contributed by atoms with Gasteiger partial charge in [0, 0.05) is 6.61 Å². The molecule has 84 valence electrons. The fraction of sp³-hybridized carbons (Fsp3) is 0.556. The summed E-state index contributed by atoms with van der Waals surface area (Å²) in [6.07, 6.45) is 1.30. The van der Waals surface area contributed by atoms with Crippen molar-refractivity contribution >= 4 is 5.97 Å². The summed E-state index contributed by atoms with van der Waals surface area (Å²) < 4.78 is 6.69. The van der Waals surface area contributed by atoms with Gasteiger partial charge in [-0.2, -0.15) is 5.26 Å². The van der Waals surface area contributed by atoms with Crippen LogP contribution < -0.4 is 0 Å². The van der Waals surface area contributed by atoms with Gasteiger partial charge in [-0.15, -0.1) is 5.10 Å². The minimum absolute atomic E-state index is 0.0184. The van der Waals surface area contributed by atoms with E-state index < -0.39 is 5.97 Å². The number of rotatable bonds is 3. The van der Waals surface area contributed by atoms with Crippen molar-refractivity contribution in [2.75, 3.05) is 6.61 Å². The van der Waals surface area contributed by atoms with Crippen molar-refractivity contribution in [3.05, 3.63) is 11.4 Å². The van der Waals surface area contributed by atoms with Gasteiger partial charge in [0.2, 0.25) is 0 Å². The lowest BCUT2D eigenvalue weighted by molar-refractivity contribution is 0.0672. The molecule has 7 nitrogen and oxygen atoms in total. The average Bonchev–Trinajstić information content (AvgIpc) is 2.84. The van der Waals surface area contributed by atoms with Crippen LogP contribution >= 0.6 is 0 Å². The number of nitrogens with zero attached hydrogens (tertiary/aromatic N) is 4. The summed E-state index contributed by atoms with van der Waals surface area (Å²) in [6.45, 7) is 0.580. The minimum atomic E-state index is -1.14. The fourth-order valence-electron chi connectivity index (χ4n) is 1.77. The molecule has 0 radical (unpaired) electrons. The fourth-order valence-corrected chi connectivity index (χ4v) is 1.77. The molecule has 0 aliphatic carbocycles. The summed E-state index contributed by atoms with van der Waals surface area (Å²) in [7, 11) is 0. The summed E-state index contributed by atoms with van der Waals surface area (Å²) in [6, 6.07) is 1.91. The van der Waals surface area contributed by atoms with E-state index in [4.69, 9.17) is 15.1 Å². The maximum Gasteiger partial charge on any atom is 0.358 e. The van der Waals surface area contributed by atoms with Gasteiger partial charge in [0.25, 0.3) is 0 Å². The third-order valence-electron chi connectivity index (χ3n) is 2.43. The van der Waals surface area contributed by atoms with E-state index in [9.17, 15) is 4.79 Å². The second-order valence-corrected chi connectivity index (χ2v) is 3.45. The van der Waals surface area contributed by atoms with Crippen molar-refractivity contribution in [3.63, 3.8) is 0 Å². The third-order valence-corrected chi connectivity index (χ3v) is 2.43. The molecule has 0 bridgehead atoms. The predicted octanol–water partition coefficient (Wildman–Crippen LogP) is 0.351. The van der Waals surface area contributed by atoms with Crippen LogP contribution in [0.4, 0.5) is 0 Å². The highest BCUT2D eigenvalue weighted by Gasteiger charge is 2.29. The van der Waals surface area contributed by atoms with Crippen molar-refractivity contribution in [3.8, 4) is 6.07 Å². The van der Waals surface area contributed by atoms with Crippen LogP contribution in [0.2, 0.25) is 0 Å². The van der Waals surface area contributed by atoms with Crippen molar-refractivity contribution in [2.45, 2.75) is 25.5 Å². The van der Waals surface area contributed by atoms with Crippen LogP contribution in [-0.4, -0.2) is 32.7 Å². The van der Waals surface area contributed by atoms with Gasteiger partial charge in [0.05, 0.1) is 6.07 Å². The summed E-state index contributed by atoms with van der Waals surface area (Å²) in [4.78, 5) is 10.9. The number of aromatic carboxylic acids is 1. The van der Waals surface area contributed by atoms with Gasteiger partial charge in [-0.1, -0.05) is 5.21 Å². The van der Waals surface area contributed by atoms with Crippen LogP contribution in [0.3, 0.4) is 0 Å². The second kappa shape index (κ2) is 4.28. The summed E-state index contributed by atoms with van der Waals surface area (Å²) in [5, 5.41) is 24.8. The molecule has 1 aromatic heterocycles. The molecule has 1 N–H and O–H groups in total. The van der Waals surface area contributed by atoms with Crippen LogP contribution in [-0.2, 0) is 11.3 Å². The Kier molecular flexibility index (Phi) is 2.83. The Hall–Kier alpha value is -1.94. The molecule has 1 fully saturated rings. The Balaban J connectivity index is 2.40. The molecule has 0 aromatic carbocycles. The Morgan fingerprint density at radius 3 is 3.12 bits per heavy atom. The molecule has 1 atom stereocenters. The Morgan fingerprint density at radius 1 is 1.75 bits per heavy atom. The van der Waals surface area contributed by atoms with Crippen LogP contribution in [0, 0.1) is 11.3 Å². The van der Waals surface area contributed by atoms with E-state index in [2.05, 4.69) is 10.3 Å². The van der Waals surface area contributed by atoms with Gasteiger partial charge in [0.15, 0.2) is 5.69 Å². The van der Waals surface area contributed by atoms with E-state index in [0.29, 0.717) is 12.3 Å². The van der Waals surface area contributed by atoms with E-state index in [-0.39, 0.29) is 18.3 Å². The lowest BCUT2D eigenvalue weighted by Crippen LogP contribution is -2.12. The summed E-state index contributed by atoms with van der Waals surface area (Å²) >= 11 is 0. The smallest absolute Gasteiger partial charge is 0.358 e. The largest absolute Gasteiger partial charge is 0.476 e. The normalized spacial score (nSPS) is 19.6. The van der Waals surface area contributed by atoms with Crippen LogP contribution in [0.25, 0.3) is 0 Å². The monoisotopic (exact) mass is 222 g/mol. The van der Waals surface area contributed by atoms with Gasteiger partial charge in [-0.3, -0.25) is 0 Å². The minimum Gasteiger partial charge on any atom is -0.476 e. The highest BCUT2D eigenvalue weighted by molar-refractivity contribution is 5.86. The molecular formula is C9H10N4O3. The van der Waals surface area contributed by atoms with E-state index in [0.717, 1.165) is 12.8 Å². The van der Waals surface area contributed by atoms with Crippen LogP contribution in [0.1, 0.15) is 35.1 Å². The maximum atomic E-state index is 10.9. The molecule has 1 aliphatic heterocycles. The number of aromatic nitrogens is 3. The SMILES string of the molecule is N#CCn1nnc(C(=O)O)c1C1CCCO1. The molecule has 16 heavy (non-hydrogen) atoms. The first-order valence-corrected chi connectivity index (χ1v) is 4.89. The predicted molar refractivity (Wildman–Crippen MR) is 50.5 cm³/mol. The molecule has 0 spiro atoms. The summed E-state index contributed by atoms with van der Waals surface area (Å²) in [5.41, 5.74) is 0.272. The third kappa shape index (κ3) is 1.75. The molecule has 7 heteroatoms. The zero-order valence-electron chi connectivity index (χ0n) is 8.46. The quantitative estimate of drug-likeness (QED) is 0.791. The first kappa shape index (κ1) is 10.6. The molecular weight excluding hydrogens is 212 g/mol. The first-order chi connectivity index (χ1) is 7.74. The van der Waals surface area contributed by atoms with Gasteiger partial charge < -0.3 is 9.84 Å². The number of hydrogen-bond acceptors (Lipinski definition) is 5.